The SMILES string of the molecule is CC#CCOc1cc(C)ccc1[C@H](C)O. The summed E-state index contributed by atoms with van der Waals surface area (Å²) in [5.41, 5.74) is 1.91. The van der Waals surface area contributed by atoms with Gasteiger partial charge in [0.1, 0.15) is 12.4 Å². The fourth-order valence-corrected chi connectivity index (χ4v) is 1.30. The lowest BCUT2D eigenvalue weighted by Crippen LogP contribution is -2.01. The van der Waals surface area contributed by atoms with Crippen LogP contribution in [-0.2, 0) is 0 Å². The summed E-state index contributed by atoms with van der Waals surface area (Å²) in [6.07, 6.45) is -0.518. The van der Waals surface area contributed by atoms with Crippen molar-refractivity contribution >= 4 is 0 Å². The van der Waals surface area contributed by atoms with Gasteiger partial charge in [0.05, 0.1) is 6.10 Å². The summed E-state index contributed by atoms with van der Waals surface area (Å²) in [6, 6.07) is 5.76. The summed E-state index contributed by atoms with van der Waals surface area (Å²) in [6.45, 7) is 5.85. The second-order valence-corrected chi connectivity index (χ2v) is 3.43. The van der Waals surface area contributed by atoms with Gasteiger partial charge in [-0.2, -0.15) is 0 Å². The van der Waals surface area contributed by atoms with Gasteiger partial charge in [0.25, 0.3) is 0 Å². The van der Waals surface area contributed by atoms with Crippen LogP contribution >= 0.6 is 0 Å². The van der Waals surface area contributed by atoms with Gasteiger partial charge in [0.2, 0.25) is 0 Å². The minimum absolute atomic E-state index is 0.361. The number of hydrogen-bond acceptors (Lipinski definition) is 2. The van der Waals surface area contributed by atoms with Gasteiger partial charge in [-0.1, -0.05) is 18.1 Å². The minimum atomic E-state index is -0.518. The van der Waals surface area contributed by atoms with E-state index in [4.69, 9.17) is 4.74 Å². The van der Waals surface area contributed by atoms with Gasteiger partial charge in [-0.3, -0.25) is 0 Å². The molecule has 0 bridgehead atoms. The van der Waals surface area contributed by atoms with Crippen molar-refractivity contribution in [3.05, 3.63) is 29.3 Å². The Labute approximate surface area is 90.9 Å². The number of aliphatic hydroxyl groups is 1. The lowest BCUT2D eigenvalue weighted by atomic mass is 10.1. The molecule has 0 saturated carbocycles. The molecule has 1 rings (SSSR count). The van der Waals surface area contributed by atoms with E-state index in [1.807, 2.05) is 25.1 Å². The number of rotatable bonds is 3. The van der Waals surface area contributed by atoms with Crippen LogP contribution in [0, 0.1) is 18.8 Å². The van der Waals surface area contributed by atoms with Gasteiger partial charge in [0, 0.05) is 5.56 Å². The van der Waals surface area contributed by atoms with Crippen molar-refractivity contribution in [1.29, 1.82) is 0 Å². The van der Waals surface area contributed by atoms with Crippen LogP contribution in [0.15, 0.2) is 18.2 Å². The van der Waals surface area contributed by atoms with Crippen LogP contribution in [0.1, 0.15) is 31.1 Å². The Bertz CT molecular complexity index is 383. The molecular formula is C13H16O2. The third-order valence-corrected chi connectivity index (χ3v) is 2.10. The van der Waals surface area contributed by atoms with Crippen molar-refractivity contribution in [1.82, 2.24) is 0 Å². The lowest BCUT2D eigenvalue weighted by molar-refractivity contribution is 0.193. The Morgan fingerprint density at radius 2 is 2.20 bits per heavy atom. The largest absolute Gasteiger partial charge is 0.481 e. The monoisotopic (exact) mass is 204 g/mol. The molecule has 0 unspecified atom stereocenters. The molecule has 0 saturated heterocycles. The molecule has 0 aliphatic heterocycles. The molecule has 15 heavy (non-hydrogen) atoms. The number of aliphatic hydroxyl groups excluding tert-OH is 1. The van der Waals surface area contributed by atoms with E-state index in [1.54, 1.807) is 13.8 Å². The quantitative estimate of drug-likeness (QED) is 0.766. The fourth-order valence-electron chi connectivity index (χ4n) is 1.30. The lowest BCUT2D eigenvalue weighted by Gasteiger charge is -2.12. The van der Waals surface area contributed by atoms with Crippen LogP contribution in [0.4, 0.5) is 0 Å². The van der Waals surface area contributed by atoms with E-state index in [9.17, 15) is 5.11 Å². The average Bonchev–Trinajstić information content (AvgIpc) is 2.18. The first-order valence-corrected chi connectivity index (χ1v) is 4.96. The molecule has 1 atom stereocenters. The van der Waals surface area contributed by atoms with Crippen molar-refractivity contribution in [3.63, 3.8) is 0 Å². The fraction of sp³-hybridized carbons (Fsp3) is 0.385. The Morgan fingerprint density at radius 1 is 1.47 bits per heavy atom. The normalized spacial score (nSPS) is 11.5. The summed E-state index contributed by atoms with van der Waals surface area (Å²) in [5, 5.41) is 9.54. The maximum atomic E-state index is 9.54. The molecule has 0 aromatic heterocycles. The summed E-state index contributed by atoms with van der Waals surface area (Å²) >= 11 is 0. The first-order valence-electron chi connectivity index (χ1n) is 4.96. The first-order chi connectivity index (χ1) is 7.15. The van der Waals surface area contributed by atoms with Gasteiger partial charge in [-0.05, 0) is 32.4 Å². The van der Waals surface area contributed by atoms with Crippen molar-refractivity contribution in [2.24, 2.45) is 0 Å². The van der Waals surface area contributed by atoms with Crippen LogP contribution in [-0.4, -0.2) is 11.7 Å². The zero-order valence-electron chi connectivity index (χ0n) is 9.37. The highest BCUT2D eigenvalue weighted by molar-refractivity contribution is 5.38. The topological polar surface area (TPSA) is 29.5 Å². The number of benzene rings is 1. The standard InChI is InChI=1S/C13H16O2/c1-4-5-8-15-13-9-10(2)6-7-12(13)11(3)14/h6-7,9,11,14H,8H2,1-3H3/t11-/m0/s1. The minimum Gasteiger partial charge on any atom is -0.481 e. The molecule has 0 heterocycles. The van der Waals surface area contributed by atoms with Crippen molar-refractivity contribution < 1.29 is 9.84 Å². The highest BCUT2D eigenvalue weighted by Gasteiger charge is 2.08. The highest BCUT2D eigenvalue weighted by Crippen LogP contribution is 2.26. The molecule has 1 aromatic carbocycles. The molecule has 0 aliphatic carbocycles. The number of hydrogen-bond donors (Lipinski definition) is 1. The third-order valence-electron chi connectivity index (χ3n) is 2.10. The van der Waals surface area contributed by atoms with E-state index in [1.165, 1.54) is 0 Å². The molecule has 0 aliphatic rings. The smallest absolute Gasteiger partial charge is 0.149 e. The van der Waals surface area contributed by atoms with E-state index in [0.717, 1.165) is 11.1 Å². The zero-order valence-corrected chi connectivity index (χ0v) is 9.37. The molecular weight excluding hydrogens is 188 g/mol. The molecule has 1 aromatic rings. The Morgan fingerprint density at radius 3 is 2.80 bits per heavy atom. The zero-order chi connectivity index (χ0) is 11.3. The Kier molecular flexibility index (Phi) is 4.20. The van der Waals surface area contributed by atoms with Gasteiger partial charge in [-0.25, -0.2) is 0 Å². The van der Waals surface area contributed by atoms with Crippen LogP contribution in [0.3, 0.4) is 0 Å². The van der Waals surface area contributed by atoms with Crippen LogP contribution in [0.25, 0.3) is 0 Å². The average molecular weight is 204 g/mol. The summed E-state index contributed by atoms with van der Waals surface area (Å²) in [4.78, 5) is 0. The molecule has 1 N–H and O–H groups in total. The molecule has 0 fully saturated rings. The van der Waals surface area contributed by atoms with Crippen LogP contribution in [0.2, 0.25) is 0 Å². The van der Waals surface area contributed by atoms with E-state index >= 15 is 0 Å². The second kappa shape index (κ2) is 5.43. The molecule has 0 radical (unpaired) electrons. The van der Waals surface area contributed by atoms with Crippen molar-refractivity contribution in [2.45, 2.75) is 26.9 Å². The molecule has 0 amide bonds. The van der Waals surface area contributed by atoms with Gasteiger partial charge in [-0.15, -0.1) is 5.92 Å². The van der Waals surface area contributed by atoms with Crippen molar-refractivity contribution in [3.8, 4) is 17.6 Å². The molecule has 2 nitrogen and oxygen atoms in total. The Hall–Kier alpha value is -1.46. The van der Waals surface area contributed by atoms with Gasteiger partial charge >= 0.3 is 0 Å². The molecule has 80 valence electrons. The third kappa shape index (κ3) is 3.30. The predicted octanol–water partition coefficient (Wildman–Crippen LogP) is 2.45. The summed E-state index contributed by atoms with van der Waals surface area (Å²) < 4.78 is 5.49. The molecule has 2 heteroatoms. The van der Waals surface area contributed by atoms with Gasteiger partial charge in [0.15, 0.2) is 0 Å². The first kappa shape index (κ1) is 11.6. The molecule has 0 spiro atoms. The van der Waals surface area contributed by atoms with Crippen LogP contribution < -0.4 is 4.74 Å². The maximum absolute atomic E-state index is 9.54. The van der Waals surface area contributed by atoms with Crippen molar-refractivity contribution in [2.75, 3.05) is 6.61 Å². The summed E-state index contributed by atoms with van der Waals surface area (Å²) in [7, 11) is 0. The van der Waals surface area contributed by atoms with Crippen LogP contribution in [0.5, 0.6) is 5.75 Å². The second-order valence-electron chi connectivity index (χ2n) is 3.43. The number of aryl methyl sites for hydroxylation is 1. The van der Waals surface area contributed by atoms with Gasteiger partial charge < -0.3 is 9.84 Å². The van der Waals surface area contributed by atoms with E-state index in [-0.39, 0.29) is 0 Å². The number of ether oxygens (including phenoxy) is 1. The van der Waals surface area contributed by atoms with E-state index < -0.39 is 6.10 Å². The predicted molar refractivity (Wildman–Crippen MR) is 60.8 cm³/mol. The highest BCUT2D eigenvalue weighted by atomic mass is 16.5. The summed E-state index contributed by atoms with van der Waals surface area (Å²) in [5.74, 6) is 6.31. The maximum Gasteiger partial charge on any atom is 0.149 e. The Balaban J connectivity index is 2.90. The van der Waals surface area contributed by atoms with E-state index in [0.29, 0.717) is 12.4 Å². The van der Waals surface area contributed by atoms with E-state index in [2.05, 4.69) is 11.8 Å².